The van der Waals surface area contributed by atoms with Gasteiger partial charge in [0, 0.05) is 17.3 Å². The van der Waals surface area contributed by atoms with Gasteiger partial charge in [-0.15, -0.1) is 0 Å². The normalized spacial score (nSPS) is 17.2. The smallest absolute Gasteiger partial charge is 0.338 e. The molecule has 0 aliphatic carbocycles. The zero-order chi connectivity index (χ0) is 25.1. The Morgan fingerprint density at radius 3 is 2.57 bits per heavy atom. The predicted octanol–water partition coefficient (Wildman–Crippen LogP) is 5.49. The number of rotatable bonds is 7. The molecule has 2 aliphatic rings. The lowest BCUT2D eigenvalue weighted by atomic mass is 9.88. The number of hydrogen-bond donors (Lipinski definition) is 1. The lowest BCUT2D eigenvalue weighted by molar-refractivity contribution is -0.139. The third-order valence-corrected chi connectivity index (χ3v) is 6.76. The van der Waals surface area contributed by atoms with Gasteiger partial charge in [0.05, 0.1) is 30.3 Å². The molecule has 0 radical (unpaired) electrons. The standard InChI is InChI=1S/C28H31N3O3S/c1-6-34-27(33)24-25(20-10-8-7-9-11-20)30-28-31(21(16-35-28)15-23(32)29-17(2)3)26(24)22-14-18(4)12-13-19(22)5/h7-14,16-17,26H,6,15H2,1-5H3,(H,29,32)/t26-/m0/s1. The molecule has 35 heavy (non-hydrogen) atoms. The Bertz CT molecular complexity index is 1230. The summed E-state index contributed by atoms with van der Waals surface area (Å²) in [5, 5.41) is 5.68. The molecule has 0 saturated heterocycles. The minimum Gasteiger partial charge on any atom is -0.463 e. The molecule has 1 amide bonds. The molecule has 0 saturated carbocycles. The van der Waals surface area contributed by atoms with Gasteiger partial charge in [-0.3, -0.25) is 4.79 Å². The van der Waals surface area contributed by atoms with Crippen molar-refractivity contribution in [1.29, 1.82) is 0 Å². The summed E-state index contributed by atoms with van der Waals surface area (Å²) >= 11 is 1.48. The second-order valence-electron chi connectivity index (χ2n) is 9.00. The van der Waals surface area contributed by atoms with Crippen LogP contribution in [0.5, 0.6) is 0 Å². The summed E-state index contributed by atoms with van der Waals surface area (Å²) in [5.41, 5.74) is 5.89. The molecule has 2 aliphatic heterocycles. The topological polar surface area (TPSA) is 71.0 Å². The van der Waals surface area contributed by atoms with Crippen molar-refractivity contribution >= 4 is 34.5 Å². The number of amides is 1. The second kappa shape index (κ2) is 10.5. The fourth-order valence-electron chi connectivity index (χ4n) is 4.37. The predicted molar refractivity (Wildman–Crippen MR) is 141 cm³/mol. The number of aliphatic imine (C=N–C) groups is 1. The molecule has 4 rings (SSSR count). The number of benzene rings is 2. The summed E-state index contributed by atoms with van der Waals surface area (Å²) in [7, 11) is 0. The second-order valence-corrected chi connectivity index (χ2v) is 9.84. The molecular weight excluding hydrogens is 458 g/mol. The zero-order valence-corrected chi connectivity index (χ0v) is 21.6. The number of ether oxygens (including phenoxy) is 1. The van der Waals surface area contributed by atoms with Gasteiger partial charge in [-0.1, -0.05) is 65.9 Å². The summed E-state index contributed by atoms with van der Waals surface area (Å²) in [6.45, 7) is 10.0. The summed E-state index contributed by atoms with van der Waals surface area (Å²) in [6, 6.07) is 15.5. The fraction of sp³-hybridized carbons (Fsp3) is 0.321. The van der Waals surface area contributed by atoms with Crippen molar-refractivity contribution in [1.82, 2.24) is 10.2 Å². The molecule has 0 spiro atoms. The molecular formula is C28H31N3O3S. The highest BCUT2D eigenvalue weighted by atomic mass is 32.2. The highest BCUT2D eigenvalue weighted by Gasteiger charge is 2.42. The first-order valence-corrected chi connectivity index (χ1v) is 12.7. The maximum atomic E-state index is 13.5. The molecule has 182 valence electrons. The van der Waals surface area contributed by atoms with Crippen molar-refractivity contribution in [3.05, 3.63) is 87.5 Å². The van der Waals surface area contributed by atoms with E-state index in [0.29, 0.717) is 11.3 Å². The number of hydrogen-bond acceptors (Lipinski definition) is 6. The third kappa shape index (κ3) is 5.20. The summed E-state index contributed by atoms with van der Waals surface area (Å²) in [4.78, 5) is 33.2. The lowest BCUT2D eigenvalue weighted by Gasteiger charge is -2.37. The summed E-state index contributed by atoms with van der Waals surface area (Å²) in [5.74, 6) is -0.466. The number of carbonyl (C=O) groups is 2. The van der Waals surface area contributed by atoms with Gasteiger partial charge in [0.15, 0.2) is 5.17 Å². The van der Waals surface area contributed by atoms with Crippen LogP contribution in [0.15, 0.2) is 70.2 Å². The number of thioether (sulfide) groups is 1. The number of esters is 1. The Balaban J connectivity index is 1.91. The van der Waals surface area contributed by atoms with E-state index < -0.39 is 12.0 Å². The maximum absolute atomic E-state index is 13.5. The van der Waals surface area contributed by atoms with Crippen LogP contribution >= 0.6 is 11.8 Å². The van der Waals surface area contributed by atoms with Crippen LogP contribution in [-0.2, 0) is 14.3 Å². The van der Waals surface area contributed by atoms with Crippen molar-refractivity contribution in [2.24, 2.45) is 4.99 Å². The van der Waals surface area contributed by atoms with Gasteiger partial charge in [-0.05, 0) is 51.2 Å². The summed E-state index contributed by atoms with van der Waals surface area (Å²) < 4.78 is 5.57. The molecule has 0 aromatic heterocycles. The van der Waals surface area contributed by atoms with E-state index in [2.05, 4.69) is 23.5 Å². The third-order valence-electron chi connectivity index (χ3n) is 5.87. The monoisotopic (exact) mass is 489 g/mol. The molecule has 2 aromatic carbocycles. The van der Waals surface area contributed by atoms with E-state index in [1.165, 1.54) is 11.8 Å². The van der Waals surface area contributed by atoms with Crippen LogP contribution in [-0.4, -0.2) is 34.6 Å². The van der Waals surface area contributed by atoms with Crippen LogP contribution in [0.1, 0.15) is 55.5 Å². The number of amidine groups is 1. The lowest BCUT2D eigenvalue weighted by Crippen LogP contribution is -2.39. The van der Waals surface area contributed by atoms with Crippen LogP contribution in [0.4, 0.5) is 0 Å². The van der Waals surface area contributed by atoms with E-state index in [1.807, 2.05) is 68.3 Å². The molecule has 1 N–H and O–H groups in total. The van der Waals surface area contributed by atoms with E-state index in [1.54, 1.807) is 6.92 Å². The Kier molecular flexibility index (Phi) is 7.45. The Morgan fingerprint density at radius 1 is 1.14 bits per heavy atom. The van der Waals surface area contributed by atoms with Crippen LogP contribution in [0.2, 0.25) is 0 Å². The van der Waals surface area contributed by atoms with Crippen molar-refractivity contribution in [2.75, 3.05) is 6.61 Å². The SMILES string of the molecule is CCOC(=O)C1=C(c2ccccc2)N=C2SC=C(CC(=O)NC(C)C)N2[C@H]1c1cc(C)ccc1C. The largest absolute Gasteiger partial charge is 0.463 e. The van der Waals surface area contributed by atoms with Crippen molar-refractivity contribution in [3.63, 3.8) is 0 Å². The van der Waals surface area contributed by atoms with E-state index >= 15 is 0 Å². The van der Waals surface area contributed by atoms with Gasteiger partial charge in [0.2, 0.25) is 5.91 Å². The van der Waals surface area contributed by atoms with Crippen LogP contribution in [0.3, 0.4) is 0 Å². The quantitative estimate of drug-likeness (QED) is 0.521. The van der Waals surface area contributed by atoms with Crippen LogP contribution in [0.25, 0.3) is 5.70 Å². The first kappa shape index (κ1) is 24.8. The Hall–Kier alpha value is -3.32. The highest BCUT2D eigenvalue weighted by molar-refractivity contribution is 8.16. The zero-order valence-electron chi connectivity index (χ0n) is 20.8. The van der Waals surface area contributed by atoms with Crippen LogP contribution in [0, 0.1) is 13.8 Å². The Labute approximate surface area is 211 Å². The molecule has 2 heterocycles. The first-order chi connectivity index (χ1) is 16.8. The minimum absolute atomic E-state index is 0.0427. The van der Waals surface area contributed by atoms with Crippen LogP contribution < -0.4 is 5.32 Å². The molecule has 7 heteroatoms. The van der Waals surface area contributed by atoms with Gasteiger partial charge in [-0.25, -0.2) is 9.79 Å². The number of nitrogens with one attached hydrogen (secondary N) is 1. The van der Waals surface area contributed by atoms with Crippen molar-refractivity contribution < 1.29 is 14.3 Å². The van der Waals surface area contributed by atoms with E-state index in [-0.39, 0.29) is 25.0 Å². The molecule has 6 nitrogen and oxygen atoms in total. The van der Waals surface area contributed by atoms with Crippen molar-refractivity contribution in [2.45, 2.75) is 53.1 Å². The Morgan fingerprint density at radius 2 is 1.89 bits per heavy atom. The van der Waals surface area contributed by atoms with Gasteiger partial charge in [0.25, 0.3) is 0 Å². The minimum atomic E-state index is -0.468. The van der Waals surface area contributed by atoms with Gasteiger partial charge >= 0.3 is 5.97 Å². The molecule has 0 unspecified atom stereocenters. The molecule has 0 bridgehead atoms. The first-order valence-electron chi connectivity index (χ1n) is 11.9. The molecule has 0 fully saturated rings. The number of aryl methyl sites for hydroxylation is 2. The number of carbonyl (C=O) groups excluding carboxylic acids is 2. The number of nitrogens with zero attached hydrogens (tertiary/aromatic N) is 2. The maximum Gasteiger partial charge on any atom is 0.338 e. The van der Waals surface area contributed by atoms with Gasteiger partial charge in [-0.2, -0.15) is 0 Å². The van der Waals surface area contributed by atoms with Gasteiger partial charge in [0.1, 0.15) is 0 Å². The van der Waals surface area contributed by atoms with E-state index in [4.69, 9.17) is 9.73 Å². The van der Waals surface area contributed by atoms with E-state index in [0.717, 1.165) is 33.1 Å². The highest BCUT2D eigenvalue weighted by Crippen LogP contribution is 2.47. The average molecular weight is 490 g/mol. The molecule has 1 atom stereocenters. The number of fused-ring (bicyclic) bond motifs is 1. The molecule has 2 aromatic rings. The fourth-order valence-corrected chi connectivity index (χ4v) is 5.29. The average Bonchev–Trinajstić information content (AvgIpc) is 3.22. The van der Waals surface area contributed by atoms with Gasteiger partial charge < -0.3 is 15.0 Å². The summed E-state index contributed by atoms with van der Waals surface area (Å²) in [6.07, 6.45) is 0.197. The van der Waals surface area contributed by atoms with E-state index in [9.17, 15) is 9.59 Å². The van der Waals surface area contributed by atoms with Crippen molar-refractivity contribution in [3.8, 4) is 0 Å².